The second kappa shape index (κ2) is 6.31. The first-order valence-corrected chi connectivity index (χ1v) is 7.53. The van der Waals surface area contributed by atoms with Gasteiger partial charge in [-0.25, -0.2) is 4.98 Å². The van der Waals surface area contributed by atoms with E-state index < -0.39 is 0 Å². The lowest BCUT2D eigenvalue weighted by Gasteiger charge is -2.11. The van der Waals surface area contributed by atoms with Crippen molar-refractivity contribution in [1.29, 1.82) is 0 Å². The molecule has 0 radical (unpaired) electrons. The summed E-state index contributed by atoms with van der Waals surface area (Å²) in [4.78, 5) is 4.66. The van der Waals surface area contributed by atoms with E-state index in [9.17, 15) is 0 Å². The number of anilines is 1. The number of nitrogens with zero attached hydrogens (tertiary/aromatic N) is 1. The van der Waals surface area contributed by atoms with Crippen LogP contribution in [0.15, 0.2) is 24.3 Å². The van der Waals surface area contributed by atoms with Gasteiger partial charge in [-0.05, 0) is 30.5 Å². The summed E-state index contributed by atoms with van der Waals surface area (Å²) in [6.45, 7) is 1.45. The highest BCUT2D eigenvalue weighted by Crippen LogP contribution is 2.32. The number of pyridine rings is 1. The van der Waals surface area contributed by atoms with Crippen LogP contribution in [0.25, 0.3) is 10.9 Å². The van der Waals surface area contributed by atoms with Crippen LogP contribution < -0.4 is 10.1 Å². The van der Waals surface area contributed by atoms with Crippen LogP contribution in [0.3, 0.4) is 0 Å². The molecule has 1 aliphatic carbocycles. The molecule has 1 fully saturated rings. The van der Waals surface area contributed by atoms with E-state index in [1.807, 2.05) is 25.2 Å². The Bertz CT molecular complexity index is 623. The van der Waals surface area contributed by atoms with Crippen LogP contribution in [0.4, 0.5) is 5.82 Å². The standard InChI is InChI=1S/C17H22N2O2/c1-18-17-14(11-21-8-7-12-3-4-12)9-13-5-6-15(20-2)10-16(13)19-17/h5-6,9-10,12H,3-4,7-8,11H2,1-2H3,(H,18,19). The van der Waals surface area contributed by atoms with E-state index in [4.69, 9.17) is 9.47 Å². The third-order valence-electron chi connectivity index (χ3n) is 3.97. The largest absolute Gasteiger partial charge is 0.497 e. The summed E-state index contributed by atoms with van der Waals surface area (Å²) in [5.41, 5.74) is 2.03. The normalized spacial score (nSPS) is 14.4. The average molecular weight is 286 g/mol. The lowest BCUT2D eigenvalue weighted by atomic mass is 10.1. The van der Waals surface area contributed by atoms with Crippen LogP contribution in [-0.4, -0.2) is 25.7 Å². The summed E-state index contributed by atoms with van der Waals surface area (Å²) in [6, 6.07) is 8.09. The Hall–Kier alpha value is -1.81. The predicted molar refractivity (Wildman–Crippen MR) is 84.8 cm³/mol. The summed E-state index contributed by atoms with van der Waals surface area (Å²) in [5.74, 6) is 2.61. The van der Waals surface area contributed by atoms with Crippen molar-refractivity contribution < 1.29 is 9.47 Å². The first kappa shape index (κ1) is 14.1. The van der Waals surface area contributed by atoms with Gasteiger partial charge in [-0.3, -0.25) is 0 Å². The minimum Gasteiger partial charge on any atom is -0.497 e. The van der Waals surface area contributed by atoms with Gasteiger partial charge in [0.2, 0.25) is 0 Å². The number of hydrogen-bond donors (Lipinski definition) is 1. The number of fused-ring (bicyclic) bond motifs is 1. The van der Waals surface area contributed by atoms with Crippen molar-refractivity contribution in [3.63, 3.8) is 0 Å². The highest BCUT2D eigenvalue weighted by molar-refractivity contribution is 5.83. The SMILES string of the molecule is CNc1nc2cc(OC)ccc2cc1COCCC1CC1. The average Bonchev–Trinajstić information content (AvgIpc) is 3.34. The number of rotatable bonds is 7. The molecule has 0 atom stereocenters. The molecule has 21 heavy (non-hydrogen) atoms. The van der Waals surface area contributed by atoms with E-state index in [1.54, 1.807) is 7.11 Å². The molecule has 4 heteroatoms. The van der Waals surface area contributed by atoms with Gasteiger partial charge >= 0.3 is 0 Å². The quantitative estimate of drug-likeness (QED) is 0.790. The summed E-state index contributed by atoms with van der Waals surface area (Å²) in [7, 11) is 3.56. The highest BCUT2D eigenvalue weighted by atomic mass is 16.5. The summed E-state index contributed by atoms with van der Waals surface area (Å²) < 4.78 is 11.1. The minimum absolute atomic E-state index is 0.609. The molecule has 112 valence electrons. The maximum Gasteiger partial charge on any atom is 0.131 e. The molecule has 0 unspecified atom stereocenters. The molecule has 1 N–H and O–H groups in total. The van der Waals surface area contributed by atoms with E-state index in [0.717, 1.165) is 40.6 Å². The van der Waals surface area contributed by atoms with Crippen molar-refractivity contribution in [2.24, 2.45) is 5.92 Å². The molecule has 1 heterocycles. The maximum atomic E-state index is 5.80. The molecular weight excluding hydrogens is 264 g/mol. The van der Waals surface area contributed by atoms with Gasteiger partial charge in [-0.2, -0.15) is 0 Å². The van der Waals surface area contributed by atoms with Gasteiger partial charge in [0.1, 0.15) is 11.6 Å². The number of methoxy groups -OCH3 is 1. The van der Waals surface area contributed by atoms with E-state index in [-0.39, 0.29) is 0 Å². The van der Waals surface area contributed by atoms with E-state index in [1.165, 1.54) is 19.3 Å². The van der Waals surface area contributed by atoms with Gasteiger partial charge in [0.25, 0.3) is 0 Å². The van der Waals surface area contributed by atoms with Gasteiger partial charge in [-0.15, -0.1) is 0 Å². The fourth-order valence-electron chi connectivity index (χ4n) is 2.48. The van der Waals surface area contributed by atoms with Gasteiger partial charge < -0.3 is 14.8 Å². The van der Waals surface area contributed by atoms with Crippen LogP contribution in [0.5, 0.6) is 5.75 Å². The molecule has 2 aromatic rings. The number of benzene rings is 1. The topological polar surface area (TPSA) is 43.4 Å². The number of nitrogens with one attached hydrogen (secondary N) is 1. The van der Waals surface area contributed by atoms with Crippen LogP contribution >= 0.6 is 0 Å². The molecule has 0 spiro atoms. The zero-order chi connectivity index (χ0) is 14.7. The summed E-state index contributed by atoms with van der Waals surface area (Å²) >= 11 is 0. The first-order chi connectivity index (χ1) is 10.3. The molecule has 0 amide bonds. The Morgan fingerprint density at radius 3 is 2.86 bits per heavy atom. The van der Waals surface area contributed by atoms with Gasteiger partial charge in [0.05, 0.1) is 19.2 Å². The maximum absolute atomic E-state index is 5.80. The Labute approximate surface area is 125 Å². The fourth-order valence-corrected chi connectivity index (χ4v) is 2.48. The second-order valence-corrected chi connectivity index (χ2v) is 5.59. The fraction of sp³-hybridized carbons (Fsp3) is 0.471. The molecule has 1 aromatic carbocycles. The van der Waals surface area contributed by atoms with Crippen molar-refractivity contribution in [3.8, 4) is 5.75 Å². The van der Waals surface area contributed by atoms with E-state index in [0.29, 0.717) is 6.61 Å². The molecule has 0 bridgehead atoms. The zero-order valence-electron chi connectivity index (χ0n) is 12.7. The molecule has 3 rings (SSSR count). The van der Waals surface area contributed by atoms with Crippen molar-refractivity contribution in [2.45, 2.75) is 25.9 Å². The summed E-state index contributed by atoms with van der Waals surface area (Å²) in [6.07, 6.45) is 3.95. The second-order valence-electron chi connectivity index (χ2n) is 5.59. The Kier molecular flexibility index (Phi) is 4.25. The molecule has 1 saturated carbocycles. The predicted octanol–water partition coefficient (Wildman–Crippen LogP) is 3.60. The van der Waals surface area contributed by atoms with E-state index in [2.05, 4.69) is 16.4 Å². The minimum atomic E-state index is 0.609. The third-order valence-corrected chi connectivity index (χ3v) is 3.97. The van der Waals surface area contributed by atoms with Crippen LogP contribution in [0.2, 0.25) is 0 Å². The monoisotopic (exact) mass is 286 g/mol. The van der Waals surface area contributed by atoms with Crippen molar-refractivity contribution in [3.05, 3.63) is 29.8 Å². The Balaban J connectivity index is 1.75. The zero-order valence-corrected chi connectivity index (χ0v) is 12.7. The number of hydrogen-bond acceptors (Lipinski definition) is 4. The van der Waals surface area contributed by atoms with E-state index >= 15 is 0 Å². The lowest BCUT2D eigenvalue weighted by molar-refractivity contribution is 0.115. The first-order valence-electron chi connectivity index (χ1n) is 7.53. The van der Waals surface area contributed by atoms with Crippen molar-refractivity contribution in [1.82, 2.24) is 4.98 Å². The van der Waals surface area contributed by atoms with Crippen molar-refractivity contribution in [2.75, 3.05) is 26.1 Å². The van der Waals surface area contributed by atoms with Crippen molar-refractivity contribution >= 4 is 16.7 Å². The number of aromatic nitrogens is 1. The van der Waals surface area contributed by atoms with Crippen LogP contribution in [-0.2, 0) is 11.3 Å². The molecule has 0 aliphatic heterocycles. The highest BCUT2D eigenvalue weighted by Gasteiger charge is 2.20. The van der Waals surface area contributed by atoms with Gasteiger partial charge in [0, 0.05) is 30.7 Å². The van der Waals surface area contributed by atoms with Crippen LogP contribution in [0, 0.1) is 5.92 Å². The van der Waals surface area contributed by atoms with Gasteiger partial charge in [0.15, 0.2) is 0 Å². The molecule has 1 aliphatic rings. The summed E-state index contributed by atoms with van der Waals surface area (Å²) in [5, 5.41) is 4.26. The third kappa shape index (κ3) is 3.45. The molecule has 4 nitrogen and oxygen atoms in total. The van der Waals surface area contributed by atoms with Crippen LogP contribution in [0.1, 0.15) is 24.8 Å². The molecule has 1 aromatic heterocycles. The Morgan fingerprint density at radius 1 is 1.29 bits per heavy atom. The van der Waals surface area contributed by atoms with Gasteiger partial charge in [-0.1, -0.05) is 12.8 Å². The lowest BCUT2D eigenvalue weighted by Crippen LogP contribution is -2.03. The Morgan fingerprint density at radius 2 is 2.14 bits per heavy atom. The molecular formula is C17H22N2O2. The number of ether oxygens (including phenoxy) is 2. The smallest absolute Gasteiger partial charge is 0.131 e. The molecule has 0 saturated heterocycles.